The van der Waals surface area contributed by atoms with Gasteiger partial charge in [0.15, 0.2) is 9.84 Å². The highest BCUT2D eigenvalue weighted by Gasteiger charge is 2.47. The maximum absolute atomic E-state index is 13.0. The van der Waals surface area contributed by atoms with Crippen LogP contribution in [0.2, 0.25) is 0 Å². The molecule has 0 heterocycles. The summed E-state index contributed by atoms with van der Waals surface area (Å²) in [5, 5.41) is 7.31. The molecule has 0 radical (unpaired) electrons. The topological polar surface area (TPSA) is 105 Å². The Balaban J connectivity index is 1.80. The largest absolute Gasteiger partial charge is 0.348 e. The monoisotopic (exact) mass is 420 g/mol. The summed E-state index contributed by atoms with van der Waals surface area (Å²) in [5.74, 6) is 5.44. The lowest BCUT2D eigenvalue weighted by Gasteiger charge is -2.45. The van der Waals surface area contributed by atoms with Crippen molar-refractivity contribution in [1.29, 1.82) is 0 Å². The SMILES string of the molecule is CN(C)C1CCC2(CCCC2=NN)CC1NC(=O)c1cccc(CS(C)(=O)=O)c1. The molecule has 1 aromatic rings. The molecule has 2 aliphatic carbocycles. The van der Waals surface area contributed by atoms with Crippen LogP contribution in [-0.4, -0.2) is 57.4 Å². The first-order valence-corrected chi connectivity index (χ1v) is 12.2. The van der Waals surface area contributed by atoms with E-state index in [0.717, 1.165) is 44.2 Å². The fourth-order valence-electron chi connectivity index (χ4n) is 5.10. The van der Waals surface area contributed by atoms with E-state index in [4.69, 9.17) is 5.84 Å². The molecule has 8 heteroatoms. The van der Waals surface area contributed by atoms with E-state index < -0.39 is 9.84 Å². The molecule has 3 rings (SSSR count). The first-order valence-electron chi connectivity index (χ1n) is 10.1. The molecule has 1 amide bonds. The van der Waals surface area contributed by atoms with E-state index in [0.29, 0.717) is 11.1 Å². The minimum absolute atomic E-state index is 0.00264. The third kappa shape index (κ3) is 4.98. The summed E-state index contributed by atoms with van der Waals surface area (Å²) in [7, 11) is 0.931. The number of carbonyl (C=O) groups is 1. The molecule has 0 aliphatic heterocycles. The number of hydrazone groups is 1. The fourth-order valence-corrected chi connectivity index (χ4v) is 5.89. The number of benzene rings is 1. The molecule has 2 saturated carbocycles. The lowest BCUT2D eigenvalue weighted by atomic mass is 9.68. The van der Waals surface area contributed by atoms with Crippen LogP contribution in [0.15, 0.2) is 29.4 Å². The number of nitrogens with two attached hydrogens (primary N) is 1. The maximum Gasteiger partial charge on any atom is 0.251 e. The van der Waals surface area contributed by atoms with Crippen LogP contribution in [0.3, 0.4) is 0 Å². The van der Waals surface area contributed by atoms with Crippen molar-refractivity contribution < 1.29 is 13.2 Å². The second kappa shape index (κ2) is 8.44. The van der Waals surface area contributed by atoms with Crippen molar-refractivity contribution in [3.8, 4) is 0 Å². The van der Waals surface area contributed by atoms with Crippen molar-refractivity contribution in [1.82, 2.24) is 10.2 Å². The molecule has 7 nitrogen and oxygen atoms in total. The van der Waals surface area contributed by atoms with E-state index in [-0.39, 0.29) is 29.2 Å². The smallest absolute Gasteiger partial charge is 0.251 e. The van der Waals surface area contributed by atoms with Gasteiger partial charge in [-0.3, -0.25) is 4.79 Å². The summed E-state index contributed by atoms with van der Waals surface area (Å²) in [6.45, 7) is 0. The van der Waals surface area contributed by atoms with Gasteiger partial charge in [0, 0.05) is 35.0 Å². The summed E-state index contributed by atoms with van der Waals surface area (Å²) in [6.07, 6.45) is 7.16. The zero-order chi connectivity index (χ0) is 21.2. The van der Waals surface area contributed by atoms with E-state index >= 15 is 0 Å². The molecule has 1 spiro atoms. The Morgan fingerprint density at radius 2 is 2.10 bits per heavy atom. The van der Waals surface area contributed by atoms with Gasteiger partial charge in [-0.1, -0.05) is 12.1 Å². The fraction of sp³-hybridized carbons (Fsp3) is 0.619. The molecule has 3 unspecified atom stereocenters. The highest BCUT2D eigenvalue weighted by atomic mass is 32.2. The van der Waals surface area contributed by atoms with Crippen LogP contribution in [-0.2, 0) is 15.6 Å². The molecular weight excluding hydrogens is 388 g/mol. The van der Waals surface area contributed by atoms with Gasteiger partial charge in [-0.05, 0) is 70.3 Å². The zero-order valence-electron chi connectivity index (χ0n) is 17.5. The molecule has 0 saturated heterocycles. The van der Waals surface area contributed by atoms with Crippen molar-refractivity contribution in [2.45, 2.75) is 56.4 Å². The van der Waals surface area contributed by atoms with Gasteiger partial charge in [-0.15, -0.1) is 0 Å². The Bertz CT molecular complexity index is 897. The number of hydrogen-bond donors (Lipinski definition) is 2. The quantitative estimate of drug-likeness (QED) is 0.559. The van der Waals surface area contributed by atoms with E-state index in [1.807, 2.05) is 14.1 Å². The van der Waals surface area contributed by atoms with Crippen LogP contribution in [0, 0.1) is 5.41 Å². The number of rotatable bonds is 5. The predicted molar refractivity (Wildman–Crippen MR) is 115 cm³/mol. The van der Waals surface area contributed by atoms with Crippen LogP contribution in [0.1, 0.15) is 54.4 Å². The molecule has 2 aliphatic rings. The Morgan fingerprint density at radius 3 is 2.76 bits per heavy atom. The van der Waals surface area contributed by atoms with Crippen LogP contribution < -0.4 is 11.2 Å². The Kier molecular flexibility index (Phi) is 6.33. The van der Waals surface area contributed by atoms with Gasteiger partial charge >= 0.3 is 0 Å². The first kappa shape index (κ1) is 21.8. The highest BCUT2D eigenvalue weighted by molar-refractivity contribution is 7.89. The van der Waals surface area contributed by atoms with Gasteiger partial charge in [0.25, 0.3) is 5.91 Å². The van der Waals surface area contributed by atoms with Gasteiger partial charge in [0.1, 0.15) is 0 Å². The summed E-state index contributed by atoms with van der Waals surface area (Å²) in [4.78, 5) is 15.2. The normalized spacial score (nSPS) is 28.9. The first-order chi connectivity index (χ1) is 13.6. The van der Waals surface area contributed by atoms with Crippen LogP contribution >= 0.6 is 0 Å². The number of nitrogens with zero attached hydrogens (tertiary/aromatic N) is 2. The maximum atomic E-state index is 13.0. The number of sulfone groups is 1. The molecule has 160 valence electrons. The summed E-state index contributed by atoms with van der Waals surface area (Å²) < 4.78 is 23.2. The van der Waals surface area contributed by atoms with Crippen LogP contribution in [0.25, 0.3) is 0 Å². The molecule has 3 atom stereocenters. The van der Waals surface area contributed by atoms with Gasteiger partial charge in [-0.2, -0.15) is 5.10 Å². The second-order valence-corrected chi connectivity index (χ2v) is 11.0. The number of likely N-dealkylation sites (N-methyl/N-ethyl adjacent to an activating group) is 1. The molecule has 29 heavy (non-hydrogen) atoms. The molecule has 0 bridgehead atoms. The van der Waals surface area contributed by atoms with Crippen molar-refractivity contribution in [3.63, 3.8) is 0 Å². The van der Waals surface area contributed by atoms with E-state index in [1.165, 1.54) is 6.26 Å². The van der Waals surface area contributed by atoms with E-state index in [1.54, 1.807) is 24.3 Å². The van der Waals surface area contributed by atoms with Crippen LogP contribution in [0.5, 0.6) is 0 Å². The van der Waals surface area contributed by atoms with Crippen LogP contribution in [0.4, 0.5) is 0 Å². The van der Waals surface area contributed by atoms with Crippen molar-refractivity contribution in [2.24, 2.45) is 16.4 Å². The zero-order valence-corrected chi connectivity index (χ0v) is 18.3. The minimum atomic E-state index is -3.15. The summed E-state index contributed by atoms with van der Waals surface area (Å²) >= 11 is 0. The number of nitrogens with one attached hydrogen (secondary N) is 1. The van der Waals surface area contributed by atoms with Gasteiger partial charge in [-0.25, -0.2) is 8.42 Å². The molecule has 1 aromatic carbocycles. The Hall–Kier alpha value is -1.93. The standard InChI is InChI=1S/C21H32N4O3S/c1-25(2)18-9-11-21(10-5-8-19(21)24-22)13-17(18)23-20(26)16-7-4-6-15(12-16)14-29(3,27)28/h4,6-7,12,17-18H,5,8-11,13-14,22H2,1-3H3,(H,23,26). The van der Waals surface area contributed by atoms with E-state index in [2.05, 4.69) is 15.3 Å². The van der Waals surface area contributed by atoms with Crippen molar-refractivity contribution in [3.05, 3.63) is 35.4 Å². The Labute approximate surface area is 173 Å². The highest BCUT2D eigenvalue weighted by Crippen LogP contribution is 2.47. The Morgan fingerprint density at radius 1 is 1.34 bits per heavy atom. The predicted octanol–water partition coefficient (Wildman–Crippen LogP) is 1.93. The van der Waals surface area contributed by atoms with Gasteiger partial charge < -0.3 is 16.1 Å². The summed E-state index contributed by atoms with van der Waals surface area (Å²) in [5.41, 5.74) is 2.20. The van der Waals surface area contributed by atoms with Gasteiger partial charge in [0.2, 0.25) is 0 Å². The average molecular weight is 421 g/mol. The minimum Gasteiger partial charge on any atom is -0.348 e. The van der Waals surface area contributed by atoms with Crippen molar-refractivity contribution in [2.75, 3.05) is 20.4 Å². The lowest BCUT2D eigenvalue weighted by molar-refractivity contribution is 0.0811. The number of amides is 1. The third-order valence-corrected chi connectivity index (χ3v) is 7.29. The average Bonchev–Trinajstić information content (AvgIpc) is 3.02. The number of hydrogen-bond acceptors (Lipinski definition) is 6. The molecule has 3 N–H and O–H groups in total. The number of carbonyl (C=O) groups excluding carboxylic acids is 1. The molecule has 2 fully saturated rings. The van der Waals surface area contributed by atoms with Crippen molar-refractivity contribution >= 4 is 21.5 Å². The molecule has 0 aromatic heterocycles. The third-order valence-electron chi connectivity index (χ3n) is 6.43. The molecular formula is C21H32N4O3S. The summed E-state index contributed by atoms with van der Waals surface area (Å²) in [6, 6.07) is 7.09. The lowest BCUT2D eigenvalue weighted by Crippen LogP contribution is -2.55. The second-order valence-electron chi connectivity index (χ2n) is 8.83. The van der Waals surface area contributed by atoms with E-state index in [9.17, 15) is 13.2 Å². The van der Waals surface area contributed by atoms with Gasteiger partial charge in [0.05, 0.1) is 5.75 Å².